The zero-order valence-corrected chi connectivity index (χ0v) is 28.6. The zero-order chi connectivity index (χ0) is 32.7. The highest BCUT2D eigenvalue weighted by Crippen LogP contribution is 2.52. The number of hydrogen-bond donors (Lipinski definition) is 0. The quantitative estimate of drug-likeness (QED) is 0.182. The fraction of sp³-hybridized carbons (Fsp3) is 0.174. The first-order valence-electron chi connectivity index (χ1n) is 16.7. The minimum atomic E-state index is 0.929. The van der Waals surface area contributed by atoms with Gasteiger partial charge in [-0.25, -0.2) is 0 Å². The van der Waals surface area contributed by atoms with Gasteiger partial charge in [-0.15, -0.1) is 0 Å². The van der Waals surface area contributed by atoms with Gasteiger partial charge >= 0.3 is 0 Å². The molecule has 0 fully saturated rings. The lowest BCUT2D eigenvalue weighted by molar-refractivity contribution is 0.669. The van der Waals surface area contributed by atoms with Gasteiger partial charge in [0.2, 0.25) is 0 Å². The molecule has 47 heavy (non-hydrogen) atoms. The molecule has 0 unspecified atom stereocenters. The van der Waals surface area contributed by atoms with Crippen molar-refractivity contribution in [3.05, 3.63) is 142 Å². The van der Waals surface area contributed by atoms with Crippen LogP contribution in [0.4, 0.5) is 0 Å². The van der Waals surface area contributed by atoms with Crippen molar-refractivity contribution in [1.29, 1.82) is 0 Å². The third-order valence-corrected chi connectivity index (χ3v) is 11.3. The number of hydrogen-bond acceptors (Lipinski definition) is 1. The average molecular weight is 609 g/mol. The maximum Gasteiger partial charge on any atom is 0.136 e. The molecule has 0 N–H and O–H groups in total. The molecule has 0 radical (unpaired) electrons. The van der Waals surface area contributed by atoms with Crippen molar-refractivity contribution >= 4 is 43.5 Å². The average Bonchev–Trinajstić information content (AvgIpc) is 3.49. The molecule has 230 valence electrons. The molecule has 0 aliphatic carbocycles. The number of benzene rings is 7. The third-order valence-electron chi connectivity index (χ3n) is 11.3. The van der Waals surface area contributed by atoms with E-state index in [1.54, 1.807) is 0 Å². The van der Waals surface area contributed by atoms with Crippen LogP contribution >= 0.6 is 0 Å². The summed E-state index contributed by atoms with van der Waals surface area (Å²) in [5.41, 5.74) is 20.4. The van der Waals surface area contributed by atoms with Crippen LogP contribution in [0.5, 0.6) is 0 Å². The van der Waals surface area contributed by atoms with Gasteiger partial charge in [0.1, 0.15) is 11.2 Å². The molecule has 0 saturated carbocycles. The maximum atomic E-state index is 6.47. The first-order valence-corrected chi connectivity index (χ1v) is 16.7. The summed E-state index contributed by atoms with van der Waals surface area (Å²) in [6.45, 7) is 18.5. The molecular formula is C46H40O. The normalized spacial score (nSPS) is 11.8. The van der Waals surface area contributed by atoms with Crippen LogP contribution in [0, 0.1) is 55.4 Å². The molecule has 1 heterocycles. The predicted octanol–water partition coefficient (Wildman–Crippen LogP) is 13.4. The SMILES string of the molecule is Cc1c(C)c(C)c2c(-c3cccc4oc5ccccc5c34)c3c(C)c(C)c(C)c(C)c3c(-c3ccc(-c4ccccc4)cc3)c2c1C. The van der Waals surface area contributed by atoms with Crippen molar-refractivity contribution in [2.45, 2.75) is 55.4 Å². The van der Waals surface area contributed by atoms with Gasteiger partial charge in [0, 0.05) is 10.8 Å². The number of rotatable bonds is 3. The number of fused-ring (bicyclic) bond motifs is 5. The zero-order valence-electron chi connectivity index (χ0n) is 28.6. The Kier molecular flexibility index (Phi) is 6.67. The van der Waals surface area contributed by atoms with Gasteiger partial charge in [0.25, 0.3) is 0 Å². The lowest BCUT2D eigenvalue weighted by Crippen LogP contribution is -2.03. The van der Waals surface area contributed by atoms with Gasteiger partial charge < -0.3 is 4.42 Å². The van der Waals surface area contributed by atoms with Crippen LogP contribution in [0.15, 0.2) is 101 Å². The van der Waals surface area contributed by atoms with E-state index in [1.807, 2.05) is 0 Å². The highest BCUT2D eigenvalue weighted by atomic mass is 16.3. The predicted molar refractivity (Wildman–Crippen MR) is 203 cm³/mol. The van der Waals surface area contributed by atoms with E-state index in [0.29, 0.717) is 0 Å². The summed E-state index contributed by atoms with van der Waals surface area (Å²) in [6, 6.07) is 35.0. The van der Waals surface area contributed by atoms with E-state index in [1.165, 1.54) is 105 Å². The Hall–Kier alpha value is -5.14. The Labute approximate surface area is 277 Å². The number of aryl methyl sites for hydroxylation is 4. The van der Waals surface area contributed by atoms with Crippen LogP contribution in [-0.2, 0) is 0 Å². The minimum absolute atomic E-state index is 0.929. The lowest BCUT2D eigenvalue weighted by Gasteiger charge is -2.27. The van der Waals surface area contributed by atoms with Crippen molar-refractivity contribution in [1.82, 2.24) is 0 Å². The van der Waals surface area contributed by atoms with Crippen LogP contribution in [0.3, 0.4) is 0 Å². The van der Waals surface area contributed by atoms with E-state index in [9.17, 15) is 0 Å². The third kappa shape index (κ3) is 4.16. The van der Waals surface area contributed by atoms with E-state index in [4.69, 9.17) is 4.42 Å². The van der Waals surface area contributed by atoms with Gasteiger partial charge in [-0.2, -0.15) is 0 Å². The Morgan fingerprint density at radius 1 is 0.319 bits per heavy atom. The van der Waals surface area contributed by atoms with Gasteiger partial charge in [0.05, 0.1) is 0 Å². The maximum absolute atomic E-state index is 6.47. The standard InChI is InChI=1S/C46H40O/c1-25-27(3)31(7)42-40(29(25)5)44(35-23-21-34(22-24-35)33-15-10-9-11-16-33)41-30(6)26(2)28(4)32(8)43(41)46(42)37-18-14-20-39-45(37)36-17-12-13-19-38(36)47-39/h9-24H,1-8H3. The van der Waals surface area contributed by atoms with Crippen molar-refractivity contribution in [2.24, 2.45) is 0 Å². The van der Waals surface area contributed by atoms with Crippen molar-refractivity contribution in [2.75, 3.05) is 0 Å². The molecule has 0 saturated heterocycles. The Balaban J connectivity index is 1.63. The second-order valence-corrected chi connectivity index (χ2v) is 13.5. The smallest absolute Gasteiger partial charge is 0.136 e. The van der Waals surface area contributed by atoms with E-state index in [0.717, 1.165) is 16.6 Å². The van der Waals surface area contributed by atoms with Crippen LogP contribution in [0.1, 0.15) is 44.5 Å². The fourth-order valence-electron chi connectivity index (χ4n) is 8.13. The summed E-state index contributed by atoms with van der Waals surface area (Å²) in [6.07, 6.45) is 0. The van der Waals surface area contributed by atoms with Gasteiger partial charge in [-0.1, -0.05) is 84.9 Å². The van der Waals surface area contributed by atoms with Crippen molar-refractivity contribution in [3.8, 4) is 33.4 Å². The Morgan fingerprint density at radius 3 is 1.34 bits per heavy atom. The molecular weight excluding hydrogens is 569 g/mol. The molecule has 0 spiro atoms. The topological polar surface area (TPSA) is 13.1 Å². The van der Waals surface area contributed by atoms with Gasteiger partial charge in [-0.3, -0.25) is 0 Å². The Morgan fingerprint density at radius 2 is 0.766 bits per heavy atom. The van der Waals surface area contributed by atoms with Crippen molar-refractivity contribution < 1.29 is 4.42 Å². The summed E-state index contributed by atoms with van der Waals surface area (Å²) >= 11 is 0. The molecule has 1 heteroatoms. The van der Waals surface area contributed by atoms with Crippen molar-refractivity contribution in [3.63, 3.8) is 0 Å². The molecule has 0 atom stereocenters. The van der Waals surface area contributed by atoms with E-state index in [-0.39, 0.29) is 0 Å². The highest BCUT2D eigenvalue weighted by molar-refractivity contribution is 6.28. The molecule has 0 aliphatic heterocycles. The fourth-order valence-corrected chi connectivity index (χ4v) is 8.13. The molecule has 0 bridgehead atoms. The monoisotopic (exact) mass is 608 g/mol. The van der Waals surface area contributed by atoms with Crippen LogP contribution in [0.25, 0.3) is 76.9 Å². The van der Waals surface area contributed by atoms with E-state index in [2.05, 4.69) is 152 Å². The van der Waals surface area contributed by atoms with E-state index >= 15 is 0 Å². The molecule has 0 aliphatic rings. The largest absolute Gasteiger partial charge is 0.456 e. The van der Waals surface area contributed by atoms with Gasteiger partial charge in [-0.05, 0) is 167 Å². The highest BCUT2D eigenvalue weighted by Gasteiger charge is 2.27. The molecule has 1 nitrogen and oxygen atoms in total. The molecule has 1 aromatic heterocycles. The van der Waals surface area contributed by atoms with Crippen LogP contribution in [-0.4, -0.2) is 0 Å². The summed E-state index contributed by atoms with van der Waals surface area (Å²) in [7, 11) is 0. The van der Waals surface area contributed by atoms with Gasteiger partial charge in [0.15, 0.2) is 0 Å². The van der Waals surface area contributed by atoms with E-state index < -0.39 is 0 Å². The summed E-state index contributed by atoms with van der Waals surface area (Å²) in [4.78, 5) is 0. The first-order chi connectivity index (χ1) is 22.7. The summed E-state index contributed by atoms with van der Waals surface area (Å²) in [5, 5.41) is 7.77. The number of furan rings is 1. The van der Waals surface area contributed by atoms with Crippen LogP contribution in [0.2, 0.25) is 0 Å². The molecule has 8 rings (SSSR count). The summed E-state index contributed by atoms with van der Waals surface area (Å²) in [5.74, 6) is 0. The second-order valence-electron chi connectivity index (χ2n) is 13.5. The Bertz CT molecular complexity index is 2480. The second kappa shape index (κ2) is 10.7. The molecule has 7 aromatic carbocycles. The summed E-state index contributed by atoms with van der Waals surface area (Å²) < 4.78 is 6.47. The molecule has 8 aromatic rings. The minimum Gasteiger partial charge on any atom is -0.456 e. The lowest BCUT2D eigenvalue weighted by atomic mass is 9.76. The number of para-hydroxylation sites is 1. The van der Waals surface area contributed by atoms with Crippen LogP contribution < -0.4 is 0 Å². The molecule has 0 amide bonds. The first kappa shape index (κ1) is 29.3.